The Morgan fingerprint density at radius 2 is 1.95 bits per heavy atom. The van der Waals surface area contributed by atoms with Gasteiger partial charge in [-0.05, 0) is 19.1 Å². The third-order valence-electron chi connectivity index (χ3n) is 2.60. The van der Waals surface area contributed by atoms with Gasteiger partial charge in [0.15, 0.2) is 0 Å². The van der Waals surface area contributed by atoms with Crippen molar-refractivity contribution in [2.45, 2.75) is 33.2 Å². The predicted molar refractivity (Wildman–Crippen MR) is 78.8 cm³/mol. The fourth-order valence-corrected chi connectivity index (χ4v) is 1.67. The molecule has 0 aromatic heterocycles. The minimum atomic E-state index is -0.427. The quantitative estimate of drug-likeness (QED) is 0.750. The van der Waals surface area contributed by atoms with E-state index >= 15 is 0 Å². The van der Waals surface area contributed by atoms with E-state index in [1.807, 2.05) is 13.8 Å². The van der Waals surface area contributed by atoms with Crippen molar-refractivity contribution in [2.24, 2.45) is 0 Å². The molecule has 1 aromatic rings. The zero-order chi connectivity index (χ0) is 15.0. The number of anilines is 1. The summed E-state index contributed by atoms with van der Waals surface area (Å²) in [6.07, 6.45) is 0.356. The summed E-state index contributed by atoms with van der Waals surface area (Å²) in [5.41, 5.74) is 0.861. The Labute approximate surface area is 119 Å². The van der Waals surface area contributed by atoms with Gasteiger partial charge in [0, 0.05) is 19.0 Å². The van der Waals surface area contributed by atoms with Crippen molar-refractivity contribution < 1.29 is 14.3 Å². The minimum Gasteiger partial charge on any atom is -0.462 e. The van der Waals surface area contributed by atoms with Crippen molar-refractivity contribution in [1.82, 2.24) is 5.32 Å². The summed E-state index contributed by atoms with van der Waals surface area (Å²) in [4.78, 5) is 23.6. The Hall–Kier alpha value is -1.88. The molecule has 5 nitrogen and oxygen atoms in total. The number of para-hydroxylation sites is 1. The summed E-state index contributed by atoms with van der Waals surface area (Å²) >= 11 is 0. The van der Waals surface area contributed by atoms with Crippen LogP contribution in [-0.4, -0.2) is 31.1 Å². The Morgan fingerprint density at radius 3 is 2.60 bits per heavy atom. The number of carbonyl (C=O) groups is 2. The van der Waals surface area contributed by atoms with Crippen LogP contribution in [0.4, 0.5) is 5.69 Å². The van der Waals surface area contributed by atoms with Crippen LogP contribution in [0.1, 0.15) is 37.6 Å². The highest BCUT2D eigenvalue weighted by molar-refractivity contribution is 6.01. The van der Waals surface area contributed by atoms with Gasteiger partial charge in [-0.1, -0.05) is 26.0 Å². The standard InChI is InChI=1S/C15H22N2O3/c1-4-20-15(19)12-7-5-6-8-13(12)17-14(18)9-10-16-11(2)3/h5-8,11,16H,4,9-10H2,1-3H3,(H,17,18). The van der Waals surface area contributed by atoms with Crippen molar-refractivity contribution in [1.29, 1.82) is 0 Å². The zero-order valence-corrected chi connectivity index (χ0v) is 12.2. The lowest BCUT2D eigenvalue weighted by atomic mass is 10.1. The molecule has 1 rings (SSSR count). The molecule has 2 N–H and O–H groups in total. The van der Waals surface area contributed by atoms with E-state index in [0.29, 0.717) is 36.9 Å². The van der Waals surface area contributed by atoms with Gasteiger partial charge in [-0.15, -0.1) is 0 Å². The monoisotopic (exact) mass is 278 g/mol. The van der Waals surface area contributed by atoms with E-state index in [1.165, 1.54) is 0 Å². The first kappa shape index (κ1) is 16.2. The lowest BCUT2D eigenvalue weighted by Gasteiger charge is -2.11. The number of nitrogens with one attached hydrogen (secondary N) is 2. The second-order valence-corrected chi connectivity index (χ2v) is 4.67. The van der Waals surface area contributed by atoms with E-state index in [-0.39, 0.29) is 5.91 Å². The van der Waals surface area contributed by atoms with Crippen molar-refractivity contribution >= 4 is 17.6 Å². The average molecular weight is 278 g/mol. The molecule has 20 heavy (non-hydrogen) atoms. The molecule has 0 radical (unpaired) electrons. The fraction of sp³-hybridized carbons (Fsp3) is 0.467. The van der Waals surface area contributed by atoms with Crippen LogP contribution in [0.5, 0.6) is 0 Å². The Balaban J connectivity index is 2.63. The SMILES string of the molecule is CCOC(=O)c1ccccc1NC(=O)CCNC(C)C. The first-order valence-corrected chi connectivity index (χ1v) is 6.84. The van der Waals surface area contributed by atoms with Gasteiger partial charge in [0.1, 0.15) is 0 Å². The molecule has 1 amide bonds. The van der Waals surface area contributed by atoms with Gasteiger partial charge in [-0.25, -0.2) is 4.79 Å². The summed E-state index contributed by atoms with van der Waals surface area (Å²) in [7, 11) is 0. The molecule has 0 aliphatic rings. The van der Waals surface area contributed by atoms with Crippen LogP contribution in [0.2, 0.25) is 0 Å². The number of hydrogen-bond acceptors (Lipinski definition) is 4. The molecular weight excluding hydrogens is 256 g/mol. The van der Waals surface area contributed by atoms with E-state index in [9.17, 15) is 9.59 Å². The molecule has 0 bridgehead atoms. The highest BCUT2D eigenvalue weighted by Crippen LogP contribution is 2.16. The molecule has 110 valence electrons. The molecule has 0 heterocycles. The van der Waals surface area contributed by atoms with E-state index in [4.69, 9.17) is 4.74 Å². The van der Waals surface area contributed by atoms with Crippen molar-refractivity contribution in [3.05, 3.63) is 29.8 Å². The summed E-state index contributed by atoms with van der Waals surface area (Å²) in [5.74, 6) is -0.557. The second-order valence-electron chi connectivity index (χ2n) is 4.67. The maximum Gasteiger partial charge on any atom is 0.340 e. The summed E-state index contributed by atoms with van der Waals surface area (Å²) in [6, 6.07) is 7.18. The number of hydrogen-bond donors (Lipinski definition) is 2. The number of rotatable bonds is 7. The molecule has 0 fully saturated rings. The lowest BCUT2D eigenvalue weighted by molar-refractivity contribution is -0.116. The molecule has 0 saturated carbocycles. The maximum atomic E-state index is 11.8. The highest BCUT2D eigenvalue weighted by atomic mass is 16.5. The van der Waals surface area contributed by atoms with Crippen LogP contribution in [0.15, 0.2) is 24.3 Å². The predicted octanol–water partition coefficient (Wildman–Crippen LogP) is 2.19. The lowest BCUT2D eigenvalue weighted by Crippen LogP contribution is -2.27. The number of amides is 1. The van der Waals surface area contributed by atoms with Gasteiger partial charge < -0.3 is 15.4 Å². The summed E-state index contributed by atoms with van der Waals surface area (Å²) in [5, 5.41) is 5.91. The van der Waals surface area contributed by atoms with E-state index in [2.05, 4.69) is 10.6 Å². The molecule has 0 atom stereocenters. The van der Waals surface area contributed by atoms with Gasteiger partial charge >= 0.3 is 5.97 Å². The third-order valence-corrected chi connectivity index (χ3v) is 2.60. The van der Waals surface area contributed by atoms with E-state index in [0.717, 1.165) is 0 Å². The molecule has 0 spiro atoms. The maximum absolute atomic E-state index is 11.8. The first-order valence-electron chi connectivity index (χ1n) is 6.84. The normalized spacial score (nSPS) is 10.4. The van der Waals surface area contributed by atoms with Gasteiger partial charge in [0.2, 0.25) is 5.91 Å². The molecular formula is C15H22N2O3. The van der Waals surface area contributed by atoms with Crippen molar-refractivity contribution in [3.63, 3.8) is 0 Å². The summed E-state index contributed by atoms with van der Waals surface area (Å²) < 4.78 is 4.96. The zero-order valence-electron chi connectivity index (χ0n) is 12.2. The third kappa shape index (κ3) is 5.40. The van der Waals surface area contributed by atoms with Crippen LogP contribution >= 0.6 is 0 Å². The van der Waals surface area contributed by atoms with Crippen molar-refractivity contribution in [2.75, 3.05) is 18.5 Å². The molecule has 0 unspecified atom stereocenters. The van der Waals surface area contributed by atoms with E-state index < -0.39 is 5.97 Å². The number of ether oxygens (including phenoxy) is 1. The van der Waals surface area contributed by atoms with Gasteiger partial charge in [0.05, 0.1) is 17.9 Å². The van der Waals surface area contributed by atoms with Gasteiger partial charge in [-0.2, -0.15) is 0 Å². The number of esters is 1. The molecule has 0 aliphatic heterocycles. The Bertz CT molecular complexity index is 458. The van der Waals surface area contributed by atoms with Crippen LogP contribution in [0.3, 0.4) is 0 Å². The fourth-order valence-electron chi connectivity index (χ4n) is 1.67. The van der Waals surface area contributed by atoms with Crippen LogP contribution in [0.25, 0.3) is 0 Å². The highest BCUT2D eigenvalue weighted by Gasteiger charge is 2.13. The Morgan fingerprint density at radius 1 is 1.25 bits per heavy atom. The van der Waals surface area contributed by atoms with Crippen LogP contribution in [-0.2, 0) is 9.53 Å². The van der Waals surface area contributed by atoms with Crippen molar-refractivity contribution in [3.8, 4) is 0 Å². The molecule has 0 saturated heterocycles. The Kier molecular flexibility index (Phi) is 6.73. The van der Waals surface area contributed by atoms with Gasteiger partial charge in [0.25, 0.3) is 0 Å². The minimum absolute atomic E-state index is 0.130. The van der Waals surface area contributed by atoms with Gasteiger partial charge in [-0.3, -0.25) is 4.79 Å². The molecule has 0 aliphatic carbocycles. The molecule has 1 aromatic carbocycles. The largest absolute Gasteiger partial charge is 0.462 e. The average Bonchev–Trinajstić information content (AvgIpc) is 2.39. The van der Waals surface area contributed by atoms with Crippen LogP contribution in [0, 0.1) is 0 Å². The van der Waals surface area contributed by atoms with Crippen LogP contribution < -0.4 is 10.6 Å². The smallest absolute Gasteiger partial charge is 0.340 e. The first-order chi connectivity index (χ1) is 9.54. The number of carbonyl (C=O) groups excluding carboxylic acids is 2. The van der Waals surface area contributed by atoms with E-state index in [1.54, 1.807) is 31.2 Å². The topological polar surface area (TPSA) is 67.4 Å². The number of benzene rings is 1. The second kappa shape index (κ2) is 8.32. The summed E-state index contributed by atoms with van der Waals surface area (Å²) in [6.45, 7) is 6.70. The molecule has 5 heteroatoms.